The molecule has 1 fully saturated rings. The van der Waals surface area contributed by atoms with E-state index < -0.39 is 10.0 Å². The molecule has 21 heavy (non-hydrogen) atoms. The lowest BCUT2D eigenvalue weighted by atomic mass is 10.2. The second kappa shape index (κ2) is 5.08. The molecule has 2 N–H and O–H groups in total. The minimum absolute atomic E-state index is 0.0936. The number of piperazine rings is 1. The number of anilines is 1. The monoisotopic (exact) mass is 309 g/mol. The number of rotatable bonds is 2. The summed E-state index contributed by atoms with van der Waals surface area (Å²) < 4.78 is 27.0. The zero-order valence-corrected chi connectivity index (χ0v) is 12.9. The number of nitrogens with zero attached hydrogens (tertiary/aromatic N) is 1. The van der Waals surface area contributed by atoms with Crippen LogP contribution in [-0.2, 0) is 21.2 Å². The average Bonchev–Trinajstić information content (AvgIpc) is 2.76. The second-order valence-electron chi connectivity index (χ2n) is 5.83. The lowest BCUT2D eigenvalue weighted by molar-refractivity contribution is -0.115. The Bertz CT molecular complexity index is 677. The number of nitrogens with one attached hydrogen (secondary N) is 2. The summed E-state index contributed by atoms with van der Waals surface area (Å²) in [4.78, 5) is 11.6. The van der Waals surface area contributed by atoms with Crippen molar-refractivity contribution in [2.45, 2.75) is 37.2 Å². The Hall–Kier alpha value is -1.44. The van der Waals surface area contributed by atoms with E-state index >= 15 is 0 Å². The Morgan fingerprint density at radius 1 is 1.19 bits per heavy atom. The third kappa shape index (κ3) is 2.68. The van der Waals surface area contributed by atoms with E-state index in [0.29, 0.717) is 18.8 Å². The van der Waals surface area contributed by atoms with Gasteiger partial charge in [0.15, 0.2) is 0 Å². The minimum atomic E-state index is -3.51. The van der Waals surface area contributed by atoms with Gasteiger partial charge < -0.3 is 10.6 Å². The van der Waals surface area contributed by atoms with Crippen molar-refractivity contribution in [1.29, 1.82) is 0 Å². The molecule has 0 radical (unpaired) electrons. The SMILES string of the molecule is CC1CN(S(=O)(=O)c2ccc3c(c2)CC(=O)N3)CC(C)N1. The maximum absolute atomic E-state index is 12.8. The summed E-state index contributed by atoms with van der Waals surface area (Å²) in [6.07, 6.45) is 0.243. The number of amides is 1. The number of carbonyl (C=O) groups is 1. The molecule has 1 saturated heterocycles. The van der Waals surface area contributed by atoms with Gasteiger partial charge in [-0.2, -0.15) is 4.31 Å². The molecule has 2 heterocycles. The van der Waals surface area contributed by atoms with E-state index in [0.717, 1.165) is 5.56 Å². The van der Waals surface area contributed by atoms with Crippen LogP contribution in [0.5, 0.6) is 0 Å². The van der Waals surface area contributed by atoms with Gasteiger partial charge >= 0.3 is 0 Å². The number of hydrogen-bond acceptors (Lipinski definition) is 4. The number of hydrogen-bond donors (Lipinski definition) is 2. The largest absolute Gasteiger partial charge is 0.326 e. The molecular formula is C14H19N3O3S. The van der Waals surface area contributed by atoms with Gasteiger partial charge in [0.1, 0.15) is 0 Å². The van der Waals surface area contributed by atoms with Crippen LogP contribution < -0.4 is 10.6 Å². The first-order valence-corrected chi connectivity index (χ1v) is 8.49. The highest BCUT2D eigenvalue weighted by Gasteiger charge is 2.32. The van der Waals surface area contributed by atoms with Crippen molar-refractivity contribution in [3.63, 3.8) is 0 Å². The van der Waals surface area contributed by atoms with Gasteiger partial charge in [-0.3, -0.25) is 4.79 Å². The Morgan fingerprint density at radius 2 is 1.86 bits per heavy atom. The number of carbonyl (C=O) groups excluding carboxylic acids is 1. The Kier molecular flexibility index (Phi) is 3.51. The van der Waals surface area contributed by atoms with Crippen molar-refractivity contribution in [3.8, 4) is 0 Å². The van der Waals surface area contributed by atoms with Gasteiger partial charge in [-0.05, 0) is 37.6 Å². The zero-order chi connectivity index (χ0) is 15.2. The summed E-state index contributed by atoms with van der Waals surface area (Å²) in [5.74, 6) is -0.0936. The molecule has 2 unspecified atom stereocenters. The van der Waals surface area contributed by atoms with Gasteiger partial charge in [-0.25, -0.2) is 8.42 Å². The summed E-state index contributed by atoms with van der Waals surface area (Å²) in [7, 11) is -3.51. The van der Waals surface area contributed by atoms with E-state index in [1.54, 1.807) is 18.2 Å². The van der Waals surface area contributed by atoms with Gasteiger partial charge in [0.2, 0.25) is 15.9 Å². The molecule has 114 valence electrons. The highest BCUT2D eigenvalue weighted by molar-refractivity contribution is 7.89. The predicted molar refractivity (Wildman–Crippen MR) is 79.6 cm³/mol. The van der Waals surface area contributed by atoms with Crippen LogP contribution in [-0.4, -0.2) is 43.8 Å². The van der Waals surface area contributed by atoms with Crippen molar-refractivity contribution in [2.24, 2.45) is 0 Å². The van der Waals surface area contributed by atoms with Gasteiger partial charge in [0, 0.05) is 30.9 Å². The fourth-order valence-corrected chi connectivity index (χ4v) is 4.66. The minimum Gasteiger partial charge on any atom is -0.326 e. The van der Waals surface area contributed by atoms with Gasteiger partial charge in [0.25, 0.3) is 0 Å². The highest BCUT2D eigenvalue weighted by Crippen LogP contribution is 2.27. The molecule has 0 spiro atoms. The Morgan fingerprint density at radius 3 is 2.52 bits per heavy atom. The van der Waals surface area contributed by atoms with Crippen molar-refractivity contribution in [2.75, 3.05) is 18.4 Å². The van der Waals surface area contributed by atoms with E-state index in [2.05, 4.69) is 10.6 Å². The third-order valence-electron chi connectivity index (χ3n) is 3.86. The molecule has 1 amide bonds. The van der Waals surface area contributed by atoms with Crippen LogP contribution in [0.15, 0.2) is 23.1 Å². The van der Waals surface area contributed by atoms with Crippen molar-refractivity contribution in [3.05, 3.63) is 23.8 Å². The summed E-state index contributed by atoms with van der Waals surface area (Å²) in [5.41, 5.74) is 1.46. The molecule has 1 aromatic carbocycles. The molecule has 2 aliphatic heterocycles. The van der Waals surface area contributed by atoms with E-state index in [9.17, 15) is 13.2 Å². The molecule has 1 aromatic rings. The fraction of sp³-hybridized carbons (Fsp3) is 0.500. The molecule has 0 bridgehead atoms. The van der Waals surface area contributed by atoms with Gasteiger partial charge in [-0.1, -0.05) is 0 Å². The molecule has 0 aliphatic carbocycles. The van der Waals surface area contributed by atoms with E-state index in [1.807, 2.05) is 13.8 Å². The van der Waals surface area contributed by atoms with Gasteiger partial charge in [0.05, 0.1) is 11.3 Å². The summed E-state index contributed by atoms with van der Waals surface area (Å²) in [6.45, 7) is 4.87. The first-order valence-electron chi connectivity index (χ1n) is 7.05. The summed E-state index contributed by atoms with van der Waals surface area (Å²) in [5, 5.41) is 6.03. The molecule has 7 heteroatoms. The van der Waals surface area contributed by atoms with Crippen LogP contribution in [0.2, 0.25) is 0 Å². The zero-order valence-electron chi connectivity index (χ0n) is 12.1. The molecule has 2 aliphatic rings. The summed E-state index contributed by atoms with van der Waals surface area (Å²) in [6, 6.07) is 5.10. The third-order valence-corrected chi connectivity index (χ3v) is 5.69. The van der Waals surface area contributed by atoms with E-state index in [1.165, 1.54) is 4.31 Å². The molecular weight excluding hydrogens is 290 g/mol. The normalized spacial score (nSPS) is 26.5. The lowest BCUT2D eigenvalue weighted by Crippen LogP contribution is -2.55. The van der Waals surface area contributed by atoms with Crippen LogP contribution in [0.25, 0.3) is 0 Å². The van der Waals surface area contributed by atoms with Crippen LogP contribution in [0.4, 0.5) is 5.69 Å². The highest BCUT2D eigenvalue weighted by atomic mass is 32.2. The number of benzene rings is 1. The topological polar surface area (TPSA) is 78.5 Å². The van der Waals surface area contributed by atoms with E-state index in [-0.39, 0.29) is 29.3 Å². The summed E-state index contributed by atoms with van der Waals surface area (Å²) >= 11 is 0. The number of fused-ring (bicyclic) bond motifs is 1. The molecule has 0 aromatic heterocycles. The van der Waals surface area contributed by atoms with Crippen LogP contribution in [0.3, 0.4) is 0 Å². The standard InChI is InChI=1S/C14H19N3O3S/c1-9-7-17(8-10(2)15-9)21(19,20)12-3-4-13-11(5-12)6-14(18)16-13/h3-5,9-10,15H,6-8H2,1-2H3,(H,16,18). The van der Waals surface area contributed by atoms with E-state index in [4.69, 9.17) is 0 Å². The second-order valence-corrected chi connectivity index (χ2v) is 7.77. The van der Waals surface area contributed by atoms with Crippen LogP contribution >= 0.6 is 0 Å². The lowest BCUT2D eigenvalue weighted by Gasteiger charge is -2.35. The average molecular weight is 309 g/mol. The Labute approximate surface area is 124 Å². The van der Waals surface area contributed by atoms with Crippen molar-refractivity contribution >= 4 is 21.6 Å². The molecule has 6 nitrogen and oxygen atoms in total. The molecule has 3 rings (SSSR count). The van der Waals surface area contributed by atoms with Crippen molar-refractivity contribution in [1.82, 2.24) is 9.62 Å². The van der Waals surface area contributed by atoms with Crippen LogP contribution in [0.1, 0.15) is 19.4 Å². The maximum Gasteiger partial charge on any atom is 0.243 e. The molecule has 2 atom stereocenters. The molecule has 0 saturated carbocycles. The fourth-order valence-electron chi connectivity index (χ4n) is 2.99. The quantitative estimate of drug-likeness (QED) is 0.836. The predicted octanol–water partition coefficient (Wildman–Crippen LogP) is 0.552. The first-order chi connectivity index (χ1) is 9.86. The smallest absolute Gasteiger partial charge is 0.243 e. The number of sulfonamides is 1. The van der Waals surface area contributed by atoms with Crippen LogP contribution in [0, 0.1) is 0 Å². The maximum atomic E-state index is 12.8. The first kappa shape index (κ1) is 14.5. The van der Waals surface area contributed by atoms with Crippen molar-refractivity contribution < 1.29 is 13.2 Å². The Balaban J connectivity index is 1.92. The van der Waals surface area contributed by atoms with Gasteiger partial charge in [-0.15, -0.1) is 0 Å².